The molecule has 0 fully saturated rings. The molecule has 0 aromatic heterocycles. The number of rotatable bonds is 5. The summed E-state index contributed by atoms with van der Waals surface area (Å²) in [6.45, 7) is 0.153. The fraction of sp³-hybridized carbons (Fsp3) is 0.417. The maximum Gasteiger partial charge on any atom is 0.399 e. The number of hydrogen-bond acceptors (Lipinski definition) is 2. The number of alkyl halides is 3. The van der Waals surface area contributed by atoms with Crippen LogP contribution in [0.1, 0.15) is 5.56 Å². The summed E-state index contributed by atoms with van der Waals surface area (Å²) in [5, 5.41) is 0. The van der Waals surface area contributed by atoms with Gasteiger partial charge in [-0.05, 0) is 24.7 Å². The second kappa shape index (κ2) is 6.67. The summed E-state index contributed by atoms with van der Waals surface area (Å²) in [6, 6.07) is 7.41. The summed E-state index contributed by atoms with van der Waals surface area (Å²) < 4.78 is 39.1. The van der Waals surface area contributed by atoms with E-state index in [1.165, 1.54) is 0 Å². The van der Waals surface area contributed by atoms with Crippen LogP contribution in [0.5, 0.6) is 0 Å². The van der Waals surface area contributed by atoms with Crippen LogP contribution in [-0.4, -0.2) is 29.7 Å². The number of hydrogen-bond donors (Lipinski definition) is 1. The van der Waals surface area contributed by atoms with Crippen LogP contribution in [0, 0.1) is 5.92 Å². The van der Waals surface area contributed by atoms with Crippen molar-refractivity contribution < 1.29 is 13.2 Å². The van der Waals surface area contributed by atoms with Crippen molar-refractivity contribution in [3.63, 3.8) is 0 Å². The minimum absolute atomic E-state index is 0.245. The summed E-state index contributed by atoms with van der Waals surface area (Å²) in [5.41, 5.74) is 6.08. The first-order valence-electron chi connectivity index (χ1n) is 5.49. The fourth-order valence-corrected chi connectivity index (χ4v) is 2.33. The van der Waals surface area contributed by atoms with E-state index in [1.54, 1.807) is 11.9 Å². The lowest BCUT2D eigenvalue weighted by molar-refractivity contribution is -0.158. The minimum Gasteiger partial charge on any atom is -0.393 e. The van der Waals surface area contributed by atoms with Crippen molar-refractivity contribution in [2.45, 2.75) is 12.7 Å². The minimum atomic E-state index is -4.41. The largest absolute Gasteiger partial charge is 0.399 e. The second-order valence-corrected chi connectivity index (χ2v) is 5.71. The molecule has 2 N–H and O–H groups in total. The molecule has 0 saturated heterocycles. The first-order chi connectivity index (χ1) is 8.70. The van der Waals surface area contributed by atoms with Gasteiger partial charge in [0.05, 0.1) is 4.99 Å². The van der Waals surface area contributed by atoms with Gasteiger partial charge in [0.1, 0.15) is 5.92 Å². The van der Waals surface area contributed by atoms with E-state index in [0.29, 0.717) is 6.54 Å². The molecule has 1 atom stereocenters. The summed E-state index contributed by atoms with van der Waals surface area (Å²) in [6.07, 6.45) is -4.41. The number of nitrogens with two attached hydrogens (primary N) is 1. The monoisotopic (exact) mass is 354 g/mol. The van der Waals surface area contributed by atoms with Crippen molar-refractivity contribution in [1.82, 2.24) is 4.90 Å². The maximum atomic E-state index is 12.7. The molecule has 0 bridgehead atoms. The van der Waals surface area contributed by atoms with Crippen LogP contribution in [0.4, 0.5) is 13.2 Å². The van der Waals surface area contributed by atoms with Gasteiger partial charge in [-0.3, -0.25) is 0 Å². The van der Waals surface area contributed by atoms with Crippen LogP contribution in [0.15, 0.2) is 28.7 Å². The molecule has 0 heterocycles. The highest BCUT2D eigenvalue weighted by Crippen LogP contribution is 2.27. The summed E-state index contributed by atoms with van der Waals surface area (Å²) in [7, 11) is 1.61. The molecule has 1 aromatic rings. The van der Waals surface area contributed by atoms with Crippen LogP contribution in [-0.2, 0) is 6.54 Å². The Morgan fingerprint density at radius 1 is 1.47 bits per heavy atom. The molecule has 0 aliphatic carbocycles. The van der Waals surface area contributed by atoms with Gasteiger partial charge in [-0.15, -0.1) is 0 Å². The number of halogens is 4. The normalized spacial score (nSPS) is 13.6. The molecular formula is C12H14BrF3N2S. The predicted octanol–water partition coefficient (Wildman–Crippen LogP) is 3.35. The average Bonchev–Trinajstić information content (AvgIpc) is 2.24. The van der Waals surface area contributed by atoms with Crippen molar-refractivity contribution >= 4 is 33.1 Å². The zero-order valence-corrected chi connectivity index (χ0v) is 12.6. The number of nitrogens with zero attached hydrogens (tertiary/aromatic N) is 1. The summed E-state index contributed by atoms with van der Waals surface area (Å²) in [5.74, 6) is -1.78. The Bertz CT molecular complexity index is 451. The molecule has 0 aliphatic heterocycles. The fourth-order valence-electron chi connectivity index (χ4n) is 1.68. The zero-order chi connectivity index (χ0) is 14.6. The van der Waals surface area contributed by atoms with Gasteiger partial charge >= 0.3 is 6.18 Å². The lowest BCUT2D eigenvalue weighted by atomic mass is 10.1. The quantitative estimate of drug-likeness (QED) is 0.822. The highest BCUT2D eigenvalue weighted by atomic mass is 79.9. The van der Waals surface area contributed by atoms with E-state index in [0.717, 1.165) is 10.0 Å². The molecule has 2 nitrogen and oxygen atoms in total. The Hall–Kier alpha value is -0.660. The van der Waals surface area contributed by atoms with Crippen LogP contribution in [0.25, 0.3) is 0 Å². The molecule has 0 spiro atoms. The van der Waals surface area contributed by atoms with E-state index >= 15 is 0 Å². The SMILES string of the molecule is CN(Cc1cccc(Br)c1)CC(C(N)=S)C(F)(F)F. The van der Waals surface area contributed by atoms with Crippen LogP contribution in [0.2, 0.25) is 0 Å². The number of benzene rings is 1. The van der Waals surface area contributed by atoms with E-state index < -0.39 is 17.1 Å². The molecule has 19 heavy (non-hydrogen) atoms. The van der Waals surface area contributed by atoms with E-state index in [1.807, 2.05) is 24.3 Å². The van der Waals surface area contributed by atoms with Gasteiger partial charge < -0.3 is 10.6 Å². The molecule has 0 amide bonds. The average molecular weight is 355 g/mol. The van der Waals surface area contributed by atoms with E-state index in [-0.39, 0.29) is 6.54 Å². The summed E-state index contributed by atoms with van der Waals surface area (Å²) >= 11 is 7.81. The van der Waals surface area contributed by atoms with E-state index in [9.17, 15) is 13.2 Å². The third kappa shape index (κ3) is 5.46. The van der Waals surface area contributed by atoms with Gasteiger partial charge in [-0.2, -0.15) is 13.2 Å². The predicted molar refractivity (Wildman–Crippen MR) is 76.8 cm³/mol. The second-order valence-electron chi connectivity index (χ2n) is 4.32. The van der Waals surface area contributed by atoms with Crippen LogP contribution < -0.4 is 5.73 Å². The smallest absolute Gasteiger partial charge is 0.393 e. The molecular weight excluding hydrogens is 341 g/mol. The molecule has 0 aliphatic rings. The van der Waals surface area contributed by atoms with Gasteiger partial charge in [0.25, 0.3) is 0 Å². The Labute approximate surface area is 123 Å². The van der Waals surface area contributed by atoms with Crippen LogP contribution in [0.3, 0.4) is 0 Å². The van der Waals surface area contributed by atoms with Gasteiger partial charge in [0.2, 0.25) is 0 Å². The topological polar surface area (TPSA) is 29.3 Å². The van der Waals surface area contributed by atoms with Crippen molar-refractivity contribution in [2.75, 3.05) is 13.6 Å². The van der Waals surface area contributed by atoms with Crippen molar-refractivity contribution in [2.24, 2.45) is 11.7 Å². The molecule has 1 unspecified atom stereocenters. The Morgan fingerprint density at radius 3 is 2.58 bits per heavy atom. The molecule has 1 aromatic carbocycles. The molecule has 106 valence electrons. The van der Waals surface area contributed by atoms with Crippen molar-refractivity contribution in [1.29, 1.82) is 0 Å². The van der Waals surface area contributed by atoms with Gasteiger partial charge in [0, 0.05) is 17.6 Å². The summed E-state index contributed by atoms with van der Waals surface area (Å²) in [4.78, 5) is 1.03. The molecule has 0 saturated carbocycles. The maximum absolute atomic E-state index is 12.7. The standard InChI is InChI=1S/C12H14BrF3N2S/c1-18(6-8-3-2-4-9(13)5-8)7-10(11(17)19)12(14,15)16/h2-5,10H,6-7H2,1H3,(H2,17,19). The molecule has 0 radical (unpaired) electrons. The highest BCUT2D eigenvalue weighted by Gasteiger charge is 2.42. The third-order valence-corrected chi connectivity index (χ3v) is 3.35. The lowest BCUT2D eigenvalue weighted by Crippen LogP contribution is -2.42. The molecule has 7 heteroatoms. The Balaban J connectivity index is 2.68. The Kier molecular flexibility index (Phi) is 5.76. The lowest BCUT2D eigenvalue weighted by Gasteiger charge is -2.25. The zero-order valence-electron chi connectivity index (χ0n) is 10.2. The van der Waals surface area contributed by atoms with Gasteiger partial charge in [-0.1, -0.05) is 40.3 Å². The van der Waals surface area contributed by atoms with Crippen molar-refractivity contribution in [3.8, 4) is 0 Å². The number of thiocarbonyl (C=S) groups is 1. The highest BCUT2D eigenvalue weighted by molar-refractivity contribution is 9.10. The third-order valence-electron chi connectivity index (χ3n) is 2.57. The first kappa shape index (κ1) is 16.4. The van der Waals surface area contributed by atoms with Crippen molar-refractivity contribution in [3.05, 3.63) is 34.3 Å². The van der Waals surface area contributed by atoms with E-state index in [2.05, 4.69) is 28.1 Å². The van der Waals surface area contributed by atoms with Gasteiger partial charge in [0.15, 0.2) is 0 Å². The molecule has 1 rings (SSSR count). The van der Waals surface area contributed by atoms with Crippen LogP contribution >= 0.6 is 28.1 Å². The van der Waals surface area contributed by atoms with Gasteiger partial charge in [-0.25, -0.2) is 0 Å². The first-order valence-corrected chi connectivity index (χ1v) is 6.69. The Morgan fingerprint density at radius 2 is 2.11 bits per heavy atom. The van der Waals surface area contributed by atoms with E-state index in [4.69, 9.17) is 5.73 Å².